The Labute approximate surface area is 113 Å². The molecule has 1 saturated carbocycles. The van der Waals surface area contributed by atoms with Crippen molar-refractivity contribution in [2.24, 2.45) is 5.41 Å². The van der Waals surface area contributed by atoms with Gasteiger partial charge < -0.3 is 15.2 Å². The highest BCUT2D eigenvalue weighted by Crippen LogP contribution is 2.36. The maximum Gasteiger partial charge on any atom is 0.271 e. The van der Waals surface area contributed by atoms with Gasteiger partial charge in [-0.15, -0.1) is 0 Å². The average Bonchev–Trinajstić information content (AvgIpc) is 3.02. The Morgan fingerprint density at radius 1 is 1.47 bits per heavy atom. The SMILES string of the molecule is CC1(CNC(=O)c2cn3c(n2)NCCC3)CCCC1. The lowest BCUT2D eigenvalue weighted by molar-refractivity contribution is 0.0929. The topological polar surface area (TPSA) is 59.0 Å². The van der Waals surface area contributed by atoms with E-state index < -0.39 is 0 Å². The van der Waals surface area contributed by atoms with Gasteiger partial charge >= 0.3 is 0 Å². The first-order valence-electron chi connectivity index (χ1n) is 7.26. The van der Waals surface area contributed by atoms with Crippen molar-refractivity contribution in [1.29, 1.82) is 0 Å². The summed E-state index contributed by atoms with van der Waals surface area (Å²) in [5.74, 6) is 0.778. The molecule has 0 bridgehead atoms. The van der Waals surface area contributed by atoms with Crippen LogP contribution < -0.4 is 10.6 Å². The van der Waals surface area contributed by atoms with E-state index >= 15 is 0 Å². The van der Waals surface area contributed by atoms with Gasteiger partial charge in [-0.2, -0.15) is 0 Å². The number of carbonyl (C=O) groups is 1. The van der Waals surface area contributed by atoms with E-state index in [4.69, 9.17) is 0 Å². The molecule has 0 spiro atoms. The van der Waals surface area contributed by atoms with Crippen molar-refractivity contribution in [1.82, 2.24) is 14.9 Å². The maximum absolute atomic E-state index is 12.1. The third kappa shape index (κ3) is 2.60. The lowest BCUT2D eigenvalue weighted by Gasteiger charge is -2.23. The van der Waals surface area contributed by atoms with Gasteiger partial charge in [-0.05, 0) is 24.7 Å². The van der Waals surface area contributed by atoms with Crippen LogP contribution in [0.15, 0.2) is 6.20 Å². The van der Waals surface area contributed by atoms with Crippen LogP contribution in [0.3, 0.4) is 0 Å². The number of aromatic nitrogens is 2. The fourth-order valence-electron chi connectivity index (χ4n) is 3.08. The van der Waals surface area contributed by atoms with Gasteiger partial charge in [0.15, 0.2) is 0 Å². The van der Waals surface area contributed by atoms with Crippen LogP contribution in [0, 0.1) is 5.41 Å². The van der Waals surface area contributed by atoms with E-state index in [0.29, 0.717) is 5.69 Å². The van der Waals surface area contributed by atoms with Crippen LogP contribution in [0.25, 0.3) is 0 Å². The molecule has 0 unspecified atom stereocenters. The highest BCUT2D eigenvalue weighted by Gasteiger charge is 2.29. The van der Waals surface area contributed by atoms with Gasteiger partial charge in [-0.25, -0.2) is 4.98 Å². The molecule has 1 aromatic rings. The predicted molar refractivity (Wildman–Crippen MR) is 74.2 cm³/mol. The first-order valence-corrected chi connectivity index (χ1v) is 7.26. The van der Waals surface area contributed by atoms with Crippen molar-refractivity contribution >= 4 is 11.9 Å². The number of nitrogens with one attached hydrogen (secondary N) is 2. The zero-order valence-electron chi connectivity index (χ0n) is 11.5. The number of rotatable bonds is 3. The minimum atomic E-state index is -0.0446. The molecule has 2 aliphatic rings. The van der Waals surface area contributed by atoms with Crippen molar-refractivity contribution in [3.05, 3.63) is 11.9 Å². The van der Waals surface area contributed by atoms with Crippen molar-refractivity contribution < 1.29 is 4.79 Å². The molecular formula is C14H22N4O. The second-order valence-corrected chi connectivity index (χ2v) is 6.12. The van der Waals surface area contributed by atoms with E-state index in [1.165, 1.54) is 25.7 Å². The van der Waals surface area contributed by atoms with E-state index in [2.05, 4.69) is 22.5 Å². The highest BCUT2D eigenvalue weighted by molar-refractivity contribution is 5.92. The Hall–Kier alpha value is -1.52. The van der Waals surface area contributed by atoms with Gasteiger partial charge in [-0.3, -0.25) is 4.79 Å². The molecule has 0 saturated heterocycles. The second-order valence-electron chi connectivity index (χ2n) is 6.12. The van der Waals surface area contributed by atoms with Gasteiger partial charge in [0.05, 0.1) is 0 Å². The molecule has 1 aliphatic heterocycles. The quantitative estimate of drug-likeness (QED) is 0.876. The number of anilines is 1. The maximum atomic E-state index is 12.1. The zero-order chi connectivity index (χ0) is 13.3. The summed E-state index contributed by atoms with van der Waals surface area (Å²) in [5.41, 5.74) is 0.818. The molecular weight excluding hydrogens is 240 g/mol. The standard InChI is InChI=1S/C14H22N4O/c1-14(5-2-3-6-14)10-16-12(19)11-9-18-8-4-7-15-13(18)17-11/h9H,2-8,10H2,1H3,(H,15,17)(H,16,19). The number of fused-ring (bicyclic) bond motifs is 1. The van der Waals surface area contributed by atoms with Gasteiger partial charge in [0.25, 0.3) is 5.91 Å². The van der Waals surface area contributed by atoms with Crippen LogP contribution in [-0.2, 0) is 6.54 Å². The van der Waals surface area contributed by atoms with E-state index in [-0.39, 0.29) is 11.3 Å². The van der Waals surface area contributed by atoms with Gasteiger partial charge in [0.2, 0.25) is 5.95 Å². The monoisotopic (exact) mass is 262 g/mol. The summed E-state index contributed by atoms with van der Waals surface area (Å²) in [6.45, 7) is 4.91. The molecule has 1 fully saturated rings. The third-order valence-electron chi connectivity index (χ3n) is 4.35. The summed E-state index contributed by atoms with van der Waals surface area (Å²) in [6, 6.07) is 0. The number of imidazole rings is 1. The number of hydrogen-bond acceptors (Lipinski definition) is 3. The Morgan fingerprint density at radius 3 is 3.00 bits per heavy atom. The lowest BCUT2D eigenvalue weighted by atomic mass is 9.89. The second kappa shape index (κ2) is 4.87. The number of carbonyl (C=O) groups excluding carboxylic acids is 1. The number of hydrogen-bond donors (Lipinski definition) is 2. The molecule has 1 aliphatic carbocycles. The number of amides is 1. The summed E-state index contributed by atoms with van der Waals surface area (Å²) in [6.07, 6.45) is 7.95. The Kier molecular flexibility index (Phi) is 3.21. The molecule has 1 aromatic heterocycles. The normalized spacial score (nSPS) is 20.7. The largest absolute Gasteiger partial charge is 0.356 e. The predicted octanol–water partition coefficient (Wildman–Crippen LogP) is 2.01. The van der Waals surface area contributed by atoms with Crippen LogP contribution in [-0.4, -0.2) is 28.5 Å². The summed E-state index contributed by atoms with van der Waals surface area (Å²) in [5, 5.41) is 6.26. The van der Waals surface area contributed by atoms with Crippen molar-refractivity contribution in [2.45, 2.75) is 45.6 Å². The molecule has 0 atom stereocenters. The third-order valence-corrected chi connectivity index (χ3v) is 4.35. The smallest absolute Gasteiger partial charge is 0.271 e. The number of nitrogens with zero attached hydrogens (tertiary/aromatic N) is 2. The summed E-state index contributed by atoms with van der Waals surface area (Å²) in [7, 11) is 0. The van der Waals surface area contributed by atoms with Gasteiger partial charge in [0.1, 0.15) is 5.69 Å². The Morgan fingerprint density at radius 2 is 2.26 bits per heavy atom. The molecule has 0 radical (unpaired) electrons. The van der Waals surface area contributed by atoms with Crippen molar-refractivity contribution in [3.8, 4) is 0 Å². The highest BCUT2D eigenvalue weighted by atomic mass is 16.1. The van der Waals surface area contributed by atoms with Crippen molar-refractivity contribution in [2.75, 3.05) is 18.4 Å². The van der Waals surface area contributed by atoms with Crippen LogP contribution in [0.1, 0.15) is 49.5 Å². The molecule has 19 heavy (non-hydrogen) atoms. The summed E-state index contributed by atoms with van der Waals surface area (Å²) in [4.78, 5) is 16.5. The van der Waals surface area contributed by atoms with Crippen LogP contribution >= 0.6 is 0 Å². The Bertz CT molecular complexity index is 450. The van der Waals surface area contributed by atoms with Crippen LogP contribution in [0.2, 0.25) is 0 Å². The van der Waals surface area contributed by atoms with E-state index in [9.17, 15) is 4.79 Å². The fourth-order valence-corrected chi connectivity index (χ4v) is 3.08. The lowest BCUT2D eigenvalue weighted by Crippen LogP contribution is -2.34. The van der Waals surface area contributed by atoms with Crippen LogP contribution in [0.4, 0.5) is 5.95 Å². The van der Waals surface area contributed by atoms with Gasteiger partial charge in [-0.1, -0.05) is 19.8 Å². The molecule has 3 rings (SSSR count). The summed E-state index contributed by atoms with van der Waals surface area (Å²) < 4.78 is 2.02. The minimum Gasteiger partial charge on any atom is -0.356 e. The van der Waals surface area contributed by atoms with E-state index in [1.54, 1.807) is 0 Å². The fraction of sp³-hybridized carbons (Fsp3) is 0.714. The van der Waals surface area contributed by atoms with Crippen molar-refractivity contribution in [3.63, 3.8) is 0 Å². The molecule has 104 valence electrons. The van der Waals surface area contributed by atoms with Crippen LogP contribution in [0.5, 0.6) is 0 Å². The Balaban J connectivity index is 1.62. The molecule has 5 heteroatoms. The van der Waals surface area contributed by atoms with E-state index in [0.717, 1.165) is 32.0 Å². The molecule has 5 nitrogen and oxygen atoms in total. The molecule has 2 heterocycles. The number of aryl methyl sites for hydroxylation is 1. The first kappa shape index (κ1) is 12.5. The van der Waals surface area contributed by atoms with Gasteiger partial charge in [0, 0.05) is 25.8 Å². The zero-order valence-corrected chi connectivity index (χ0v) is 11.5. The molecule has 1 amide bonds. The first-order chi connectivity index (χ1) is 9.16. The molecule has 2 N–H and O–H groups in total. The summed E-state index contributed by atoms with van der Waals surface area (Å²) >= 11 is 0. The van der Waals surface area contributed by atoms with E-state index in [1.807, 2.05) is 10.8 Å². The average molecular weight is 262 g/mol. The minimum absolute atomic E-state index is 0.0446. The molecule has 0 aromatic carbocycles.